The summed E-state index contributed by atoms with van der Waals surface area (Å²) in [6.45, 7) is 6.11. The summed E-state index contributed by atoms with van der Waals surface area (Å²) in [5.41, 5.74) is -0.235. The Labute approximate surface area is 219 Å². The number of hydrogen-bond donors (Lipinski definition) is 5. The maximum Gasteiger partial charge on any atom is 0.167 e. The highest BCUT2D eigenvalue weighted by Crippen LogP contribution is 2.52. The molecule has 0 aliphatic carbocycles. The molecule has 8 heteroatoms. The fourth-order valence-electron chi connectivity index (χ4n) is 4.62. The highest BCUT2D eigenvalue weighted by atomic mass is 16.5. The number of ether oxygens (including phenoxy) is 1. The average Bonchev–Trinajstić information content (AvgIpc) is 2.86. The molecule has 38 heavy (non-hydrogen) atoms. The second-order valence-corrected chi connectivity index (χ2v) is 9.67. The molecule has 4 rings (SSSR count). The smallest absolute Gasteiger partial charge is 0.167 e. The summed E-state index contributed by atoms with van der Waals surface area (Å²) in [6.07, 6.45) is 4.78. The van der Waals surface area contributed by atoms with Gasteiger partial charge < -0.3 is 30.3 Å². The van der Waals surface area contributed by atoms with Crippen LogP contribution in [0.2, 0.25) is 0 Å². The second kappa shape index (κ2) is 9.63. The van der Waals surface area contributed by atoms with Crippen molar-refractivity contribution in [2.24, 2.45) is 0 Å². The van der Waals surface area contributed by atoms with Crippen LogP contribution in [-0.4, -0.2) is 43.2 Å². The van der Waals surface area contributed by atoms with E-state index < -0.39 is 40.8 Å². The van der Waals surface area contributed by atoms with Gasteiger partial charge in [-0.3, -0.25) is 9.59 Å². The number of aldehydes is 1. The number of phenols is 5. The number of rotatable bonds is 6. The first-order valence-electron chi connectivity index (χ1n) is 11.9. The highest BCUT2D eigenvalue weighted by Gasteiger charge is 2.34. The lowest BCUT2D eigenvalue weighted by molar-refractivity contribution is -0.104. The molecule has 3 aromatic carbocycles. The largest absolute Gasteiger partial charge is 0.507 e. The fourth-order valence-corrected chi connectivity index (χ4v) is 4.62. The molecule has 5 N–H and O–H groups in total. The summed E-state index contributed by atoms with van der Waals surface area (Å²) in [4.78, 5) is 23.8. The number of fused-ring (bicyclic) bond motifs is 1. The molecule has 3 aromatic rings. The third kappa shape index (κ3) is 4.34. The van der Waals surface area contributed by atoms with E-state index in [2.05, 4.69) is 0 Å². The minimum atomic E-state index is -0.799. The molecule has 0 radical (unpaired) electrons. The highest BCUT2D eigenvalue weighted by molar-refractivity contribution is 6.01. The van der Waals surface area contributed by atoms with Crippen LogP contribution in [0.25, 0.3) is 11.6 Å². The molecular weight excluding hydrogens is 488 g/mol. The lowest BCUT2D eigenvalue weighted by atomic mass is 9.86. The van der Waals surface area contributed by atoms with Crippen molar-refractivity contribution in [1.29, 1.82) is 0 Å². The number of carbonyl (C=O) groups excluding carboxylic acids is 2. The van der Waals surface area contributed by atoms with Crippen molar-refractivity contribution < 1.29 is 39.9 Å². The van der Waals surface area contributed by atoms with Crippen molar-refractivity contribution in [2.45, 2.75) is 39.7 Å². The molecule has 8 nitrogen and oxygen atoms in total. The summed E-state index contributed by atoms with van der Waals surface area (Å²) in [7, 11) is 0. The number of phenolic OH excluding ortho intramolecular Hbond substituents is 5. The number of Topliss-reactive ketones (excluding diaryl/α,β-unsaturated/α-hetero) is 1. The van der Waals surface area contributed by atoms with E-state index in [1.807, 2.05) is 0 Å². The molecule has 0 fully saturated rings. The van der Waals surface area contributed by atoms with Crippen molar-refractivity contribution in [3.63, 3.8) is 0 Å². The number of hydrogen-bond acceptors (Lipinski definition) is 8. The van der Waals surface area contributed by atoms with E-state index in [4.69, 9.17) is 4.74 Å². The zero-order chi connectivity index (χ0) is 27.9. The number of carbonyl (C=O) groups is 2. The predicted octanol–water partition coefficient (Wildman–Crippen LogP) is 5.13. The van der Waals surface area contributed by atoms with Gasteiger partial charge in [-0.15, -0.1) is 0 Å². The Morgan fingerprint density at radius 1 is 0.895 bits per heavy atom. The van der Waals surface area contributed by atoms with Gasteiger partial charge in [0.05, 0.1) is 11.1 Å². The predicted molar refractivity (Wildman–Crippen MR) is 142 cm³/mol. The quantitative estimate of drug-likeness (QED) is 0.172. The minimum absolute atomic E-state index is 0.0454. The monoisotopic (exact) mass is 516 g/mol. The van der Waals surface area contributed by atoms with Crippen molar-refractivity contribution >= 4 is 23.7 Å². The van der Waals surface area contributed by atoms with Crippen LogP contribution >= 0.6 is 0 Å². The molecule has 1 heterocycles. The van der Waals surface area contributed by atoms with Gasteiger partial charge in [0.15, 0.2) is 5.78 Å². The fraction of sp³-hybridized carbons (Fsp3) is 0.200. The first-order valence-corrected chi connectivity index (χ1v) is 11.9. The van der Waals surface area contributed by atoms with Gasteiger partial charge in [0.2, 0.25) is 0 Å². The van der Waals surface area contributed by atoms with E-state index in [-0.39, 0.29) is 44.9 Å². The first-order chi connectivity index (χ1) is 17.9. The molecule has 0 saturated carbocycles. The normalized spacial score (nSPS) is 14.1. The summed E-state index contributed by atoms with van der Waals surface area (Å²) in [5, 5.41) is 54.8. The van der Waals surface area contributed by atoms with E-state index in [1.54, 1.807) is 56.3 Å². The van der Waals surface area contributed by atoms with Crippen LogP contribution in [0.15, 0.2) is 42.5 Å². The van der Waals surface area contributed by atoms with Gasteiger partial charge in [-0.2, -0.15) is 0 Å². The number of allylic oxidation sites excluding steroid dienone is 1. The Kier molecular flexibility index (Phi) is 6.67. The zero-order valence-electron chi connectivity index (χ0n) is 21.4. The SMILES string of the molecule is CC(=O)c1c(O)c(C)c(O)c(Cc2c(O)c3c(c(/C(=C/C=O)c4ccccc4)c2O)OC(C)(C)C=C3)c1O. The van der Waals surface area contributed by atoms with E-state index >= 15 is 0 Å². The summed E-state index contributed by atoms with van der Waals surface area (Å²) >= 11 is 0. The second-order valence-electron chi connectivity index (χ2n) is 9.67. The topological polar surface area (TPSA) is 145 Å². The van der Waals surface area contributed by atoms with Gasteiger partial charge in [0, 0.05) is 23.1 Å². The summed E-state index contributed by atoms with van der Waals surface area (Å²) < 4.78 is 6.16. The molecule has 0 bridgehead atoms. The van der Waals surface area contributed by atoms with Crippen LogP contribution in [0.3, 0.4) is 0 Å². The molecule has 0 unspecified atom stereocenters. The molecule has 1 aliphatic rings. The molecule has 0 aromatic heterocycles. The zero-order valence-corrected chi connectivity index (χ0v) is 21.4. The number of benzene rings is 3. The molecule has 0 amide bonds. The van der Waals surface area contributed by atoms with Crippen molar-refractivity contribution in [2.75, 3.05) is 0 Å². The van der Waals surface area contributed by atoms with E-state index in [1.165, 1.54) is 13.0 Å². The first kappa shape index (κ1) is 26.3. The maximum atomic E-state index is 12.1. The Morgan fingerprint density at radius 2 is 1.50 bits per heavy atom. The van der Waals surface area contributed by atoms with Crippen LogP contribution in [0.1, 0.15) is 64.5 Å². The van der Waals surface area contributed by atoms with Crippen molar-refractivity contribution in [1.82, 2.24) is 0 Å². The maximum absolute atomic E-state index is 12.1. The Morgan fingerprint density at radius 3 is 2.11 bits per heavy atom. The lowest BCUT2D eigenvalue weighted by Crippen LogP contribution is -2.28. The van der Waals surface area contributed by atoms with Crippen LogP contribution in [0.5, 0.6) is 34.5 Å². The number of ketones is 1. The van der Waals surface area contributed by atoms with E-state index in [9.17, 15) is 35.1 Å². The lowest BCUT2D eigenvalue weighted by Gasteiger charge is -2.32. The third-order valence-corrected chi connectivity index (χ3v) is 6.60. The molecular formula is C30H28O8. The van der Waals surface area contributed by atoms with Gasteiger partial charge in [-0.05, 0) is 57.1 Å². The van der Waals surface area contributed by atoms with Crippen LogP contribution in [0, 0.1) is 6.92 Å². The molecule has 0 spiro atoms. The minimum Gasteiger partial charge on any atom is -0.507 e. The van der Waals surface area contributed by atoms with Crippen LogP contribution in [-0.2, 0) is 11.2 Å². The van der Waals surface area contributed by atoms with Gasteiger partial charge in [-0.25, -0.2) is 0 Å². The third-order valence-electron chi connectivity index (χ3n) is 6.60. The summed E-state index contributed by atoms with van der Waals surface area (Å²) in [6, 6.07) is 8.83. The van der Waals surface area contributed by atoms with Crippen molar-refractivity contribution in [3.05, 3.63) is 81.4 Å². The Bertz CT molecular complexity index is 1530. The summed E-state index contributed by atoms with van der Waals surface area (Å²) in [5.74, 6) is -3.04. The Balaban J connectivity index is 2.06. The average molecular weight is 517 g/mol. The molecule has 0 saturated heterocycles. The number of aromatic hydroxyl groups is 5. The molecule has 1 aliphatic heterocycles. The van der Waals surface area contributed by atoms with Gasteiger partial charge >= 0.3 is 0 Å². The molecule has 0 atom stereocenters. The van der Waals surface area contributed by atoms with E-state index in [0.29, 0.717) is 17.4 Å². The molecule has 196 valence electrons. The standard InChI is InChI=1S/C30H28O8/c1-15-24(33)20(27(36)22(16(2)32)25(15)34)14-21-26(35)19-10-12-30(3,4)38-29(19)23(28(21)37)18(11-13-31)17-8-6-5-7-9-17/h5-13,33-37H,14H2,1-4H3/b18-11+. The van der Waals surface area contributed by atoms with Gasteiger partial charge in [0.1, 0.15) is 51.9 Å². The van der Waals surface area contributed by atoms with Gasteiger partial charge in [-0.1, -0.05) is 30.3 Å². The Hall–Kier alpha value is -4.72. The van der Waals surface area contributed by atoms with Gasteiger partial charge in [0.25, 0.3) is 0 Å². The van der Waals surface area contributed by atoms with Crippen molar-refractivity contribution in [3.8, 4) is 34.5 Å². The van der Waals surface area contributed by atoms with Crippen LogP contribution < -0.4 is 4.74 Å². The van der Waals surface area contributed by atoms with E-state index in [0.717, 1.165) is 6.92 Å². The van der Waals surface area contributed by atoms with Crippen LogP contribution in [0.4, 0.5) is 0 Å².